The van der Waals surface area contributed by atoms with E-state index in [1.165, 1.54) is 19.4 Å². The molecule has 4 heteroatoms. The molecule has 0 radical (unpaired) electrons. The van der Waals surface area contributed by atoms with Gasteiger partial charge >= 0.3 is 0 Å². The summed E-state index contributed by atoms with van der Waals surface area (Å²) in [5, 5.41) is 11.1. The number of hydrogen-bond donors (Lipinski definition) is 1. The van der Waals surface area contributed by atoms with Gasteiger partial charge in [0.1, 0.15) is 11.5 Å². The van der Waals surface area contributed by atoms with Gasteiger partial charge in [0.2, 0.25) is 0 Å². The van der Waals surface area contributed by atoms with Crippen LogP contribution < -0.4 is 9.47 Å². The number of piperidine rings is 1. The highest BCUT2D eigenvalue weighted by atomic mass is 16.5. The SMILES string of the molecule is COc1ccc(C2(O)CCN3CCCC3C2)c(OC)c1. The molecule has 1 aromatic rings. The summed E-state index contributed by atoms with van der Waals surface area (Å²) in [6.07, 6.45) is 4.02. The standard InChI is InChI=1S/C16H23NO3/c1-19-13-5-6-14(15(10-13)20-2)16(18)7-9-17-8-3-4-12(17)11-16/h5-6,10,12,18H,3-4,7-9,11H2,1-2H3. The minimum absolute atomic E-state index is 0.514. The van der Waals surface area contributed by atoms with Crippen molar-refractivity contribution in [2.24, 2.45) is 0 Å². The van der Waals surface area contributed by atoms with Crippen LogP contribution in [0.1, 0.15) is 31.2 Å². The van der Waals surface area contributed by atoms with Gasteiger partial charge in [-0.1, -0.05) is 0 Å². The molecule has 2 heterocycles. The van der Waals surface area contributed by atoms with Gasteiger partial charge in [0.15, 0.2) is 0 Å². The zero-order valence-electron chi connectivity index (χ0n) is 12.3. The minimum atomic E-state index is -0.775. The maximum Gasteiger partial charge on any atom is 0.128 e. The topological polar surface area (TPSA) is 41.9 Å². The monoisotopic (exact) mass is 277 g/mol. The number of rotatable bonds is 3. The first kappa shape index (κ1) is 13.7. The average Bonchev–Trinajstić information content (AvgIpc) is 2.93. The molecule has 20 heavy (non-hydrogen) atoms. The lowest BCUT2D eigenvalue weighted by Gasteiger charge is -2.41. The molecule has 0 aromatic heterocycles. The smallest absolute Gasteiger partial charge is 0.128 e. The van der Waals surface area contributed by atoms with E-state index in [0.29, 0.717) is 6.04 Å². The van der Waals surface area contributed by atoms with Gasteiger partial charge in [-0.3, -0.25) is 0 Å². The van der Waals surface area contributed by atoms with E-state index in [9.17, 15) is 5.11 Å². The molecule has 2 aliphatic heterocycles. The minimum Gasteiger partial charge on any atom is -0.497 e. The first-order valence-corrected chi connectivity index (χ1v) is 7.35. The van der Waals surface area contributed by atoms with Crippen LogP contribution >= 0.6 is 0 Å². The van der Waals surface area contributed by atoms with Crippen LogP contribution in [0.25, 0.3) is 0 Å². The van der Waals surface area contributed by atoms with Crippen molar-refractivity contribution in [3.8, 4) is 11.5 Å². The van der Waals surface area contributed by atoms with E-state index in [0.717, 1.165) is 36.4 Å². The van der Waals surface area contributed by atoms with Crippen molar-refractivity contribution in [1.29, 1.82) is 0 Å². The van der Waals surface area contributed by atoms with Crippen LogP contribution in [0.5, 0.6) is 11.5 Å². The highest BCUT2D eigenvalue weighted by Crippen LogP contribution is 2.43. The zero-order chi connectivity index (χ0) is 14.2. The number of hydrogen-bond acceptors (Lipinski definition) is 4. The fourth-order valence-electron chi connectivity index (χ4n) is 3.67. The van der Waals surface area contributed by atoms with Gasteiger partial charge in [-0.15, -0.1) is 0 Å². The van der Waals surface area contributed by atoms with Crippen molar-refractivity contribution in [2.75, 3.05) is 27.3 Å². The zero-order valence-corrected chi connectivity index (χ0v) is 12.3. The molecular weight excluding hydrogens is 254 g/mol. The Morgan fingerprint density at radius 3 is 2.85 bits per heavy atom. The van der Waals surface area contributed by atoms with Crippen molar-refractivity contribution < 1.29 is 14.6 Å². The second-order valence-electron chi connectivity index (χ2n) is 5.88. The number of fused-ring (bicyclic) bond motifs is 1. The third-order valence-electron chi connectivity index (χ3n) is 4.80. The van der Waals surface area contributed by atoms with E-state index in [-0.39, 0.29) is 0 Å². The Labute approximate surface area is 120 Å². The summed E-state index contributed by atoms with van der Waals surface area (Å²) in [5.41, 5.74) is 0.121. The maximum atomic E-state index is 11.1. The molecule has 0 aliphatic carbocycles. The molecule has 2 unspecified atom stereocenters. The summed E-state index contributed by atoms with van der Waals surface area (Å²) in [6, 6.07) is 6.22. The van der Waals surface area contributed by atoms with E-state index >= 15 is 0 Å². The van der Waals surface area contributed by atoms with Crippen molar-refractivity contribution in [2.45, 2.75) is 37.3 Å². The third-order valence-corrected chi connectivity index (χ3v) is 4.80. The van der Waals surface area contributed by atoms with Gasteiger partial charge < -0.3 is 19.5 Å². The molecule has 110 valence electrons. The van der Waals surface area contributed by atoms with E-state index in [2.05, 4.69) is 4.90 Å². The second kappa shape index (κ2) is 5.26. The van der Waals surface area contributed by atoms with E-state index in [1.54, 1.807) is 14.2 Å². The molecule has 1 aromatic carbocycles. The fourth-order valence-corrected chi connectivity index (χ4v) is 3.67. The van der Waals surface area contributed by atoms with Crippen LogP contribution in [-0.2, 0) is 5.60 Å². The normalized spacial score (nSPS) is 30.1. The number of ether oxygens (including phenoxy) is 2. The van der Waals surface area contributed by atoms with Crippen molar-refractivity contribution in [3.63, 3.8) is 0 Å². The van der Waals surface area contributed by atoms with Gasteiger partial charge in [-0.25, -0.2) is 0 Å². The van der Waals surface area contributed by atoms with Gasteiger partial charge in [0.25, 0.3) is 0 Å². The summed E-state index contributed by atoms with van der Waals surface area (Å²) in [7, 11) is 3.28. The molecule has 0 spiro atoms. The maximum absolute atomic E-state index is 11.1. The van der Waals surface area contributed by atoms with Crippen LogP contribution in [0, 0.1) is 0 Å². The van der Waals surface area contributed by atoms with E-state index < -0.39 is 5.60 Å². The summed E-state index contributed by atoms with van der Waals surface area (Å²) in [5.74, 6) is 1.48. The molecule has 2 atom stereocenters. The predicted octanol–water partition coefficient (Wildman–Crippen LogP) is 2.15. The van der Waals surface area contributed by atoms with E-state index in [4.69, 9.17) is 9.47 Å². The lowest BCUT2D eigenvalue weighted by Crippen LogP contribution is -2.46. The van der Waals surface area contributed by atoms with Gasteiger partial charge in [-0.05, 0) is 44.4 Å². The number of benzene rings is 1. The number of methoxy groups -OCH3 is 2. The van der Waals surface area contributed by atoms with Crippen LogP contribution in [0.15, 0.2) is 18.2 Å². The van der Waals surface area contributed by atoms with Crippen molar-refractivity contribution in [3.05, 3.63) is 23.8 Å². The Balaban J connectivity index is 1.91. The van der Waals surface area contributed by atoms with Crippen LogP contribution in [0.2, 0.25) is 0 Å². The highest BCUT2D eigenvalue weighted by molar-refractivity contribution is 5.44. The molecule has 2 aliphatic rings. The van der Waals surface area contributed by atoms with Crippen LogP contribution in [0.4, 0.5) is 0 Å². The Morgan fingerprint density at radius 2 is 2.10 bits per heavy atom. The molecule has 4 nitrogen and oxygen atoms in total. The first-order chi connectivity index (χ1) is 9.66. The Morgan fingerprint density at radius 1 is 1.25 bits per heavy atom. The van der Waals surface area contributed by atoms with Crippen LogP contribution in [-0.4, -0.2) is 43.4 Å². The molecule has 2 saturated heterocycles. The lowest BCUT2D eigenvalue weighted by molar-refractivity contribution is -0.0422. The van der Waals surface area contributed by atoms with Gasteiger partial charge in [0, 0.05) is 24.2 Å². The fraction of sp³-hybridized carbons (Fsp3) is 0.625. The quantitative estimate of drug-likeness (QED) is 0.919. The summed E-state index contributed by atoms with van der Waals surface area (Å²) in [4.78, 5) is 2.50. The molecular formula is C16H23NO3. The third kappa shape index (κ3) is 2.27. The van der Waals surface area contributed by atoms with Crippen molar-refractivity contribution >= 4 is 0 Å². The average molecular weight is 277 g/mol. The van der Waals surface area contributed by atoms with Gasteiger partial charge in [0.05, 0.1) is 19.8 Å². The predicted molar refractivity (Wildman–Crippen MR) is 77.3 cm³/mol. The summed E-state index contributed by atoms with van der Waals surface area (Å²) in [6.45, 7) is 2.15. The first-order valence-electron chi connectivity index (χ1n) is 7.35. The summed E-state index contributed by atoms with van der Waals surface area (Å²) >= 11 is 0. The molecule has 0 saturated carbocycles. The molecule has 0 bridgehead atoms. The Kier molecular flexibility index (Phi) is 3.61. The molecule has 2 fully saturated rings. The number of aliphatic hydroxyl groups is 1. The molecule has 3 rings (SSSR count). The largest absolute Gasteiger partial charge is 0.497 e. The number of nitrogens with zero attached hydrogens (tertiary/aromatic N) is 1. The Hall–Kier alpha value is -1.26. The lowest BCUT2D eigenvalue weighted by atomic mass is 9.80. The molecule has 1 N–H and O–H groups in total. The van der Waals surface area contributed by atoms with E-state index in [1.807, 2.05) is 18.2 Å². The Bertz CT molecular complexity index is 491. The molecule has 0 amide bonds. The van der Waals surface area contributed by atoms with Crippen LogP contribution in [0.3, 0.4) is 0 Å². The summed E-state index contributed by atoms with van der Waals surface area (Å²) < 4.78 is 10.7. The second-order valence-corrected chi connectivity index (χ2v) is 5.88. The highest BCUT2D eigenvalue weighted by Gasteiger charge is 2.42. The van der Waals surface area contributed by atoms with Crippen molar-refractivity contribution in [1.82, 2.24) is 4.90 Å². The van der Waals surface area contributed by atoms with Gasteiger partial charge in [-0.2, -0.15) is 0 Å².